The first-order valence-electron chi connectivity index (χ1n) is 10.0. The predicted molar refractivity (Wildman–Crippen MR) is 121 cm³/mol. The van der Waals surface area contributed by atoms with Crippen molar-refractivity contribution in [2.24, 2.45) is 5.10 Å². The number of amides is 1. The topological polar surface area (TPSA) is 85.3 Å². The fraction of sp³-hybridized carbons (Fsp3) is 0.333. The predicted octanol–water partition coefficient (Wildman–Crippen LogP) is 2.26. The van der Waals surface area contributed by atoms with Crippen LogP contribution in [0.25, 0.3) is 0 Å². The van der Waals surface area contributed by atoms with Gasteiger partial charge in [-0.2, -0.15) is 17.8 Å². The van der Waals surface area contributed by atoms with Gasteiger partial charge in [0.2, 0.25) is 0 Å². The quantitative estimate of drug-likeness (QED) is 0.738. The van der Waals surface area contributed by atoms with Crippen LogP contribution in [0.1, 0.15) is 18.0 Å². The Morgan fingerprint density at radius 3 is 2.32 bits per heavy atom. The highest BCUT2D eigenvalue weighted by molar-refractivity contribution is 7.87. The van der Waals surface area contributed by atoms with Gasteiger partial charge in [0, 0.05) is 37.6 Å². The van der Waals surface area contributed by atoms with Crippen molar-refractivity contribution in [3.63, 3.8) is 0 Å². The van der Waals surface area contributed by atoms with Gasteiger partial charge in [-0.1, -0.05) is 41.9 Å². The molecule has 0 radical (unpaired) electrons. The van der Waals surface area contributed by atoms with Gasteiger partial charge >= 0.3 is 10.2 Å². The number of nitrogens with one attached hydrogen (secondary N) is 1. The molecule has 1 unspecified atom stereocenters. The van der Waals surface area contributed by atoms with Crippen LogP contribution in [0.2, 0.25) is 5.02 Å². The van der Waals surface area contributed by atoms with Gasteiger partial charge in [0.25, 0.3) is 5.91 Å². The molecule has 1 saturated heterocycles. The maximum Gasteiger partial charge on any atom is 0.304 e. The standard InChI is InChI=1S/C21H24ClN5O3S/c1-25-11-13-26(14-12-25)31(29,30)24-21(28)19-15-20(16-5-3-2-4-6-16)27(23-19)18-9-7-17(22)8-10-18/h2-10,20H,11-15H2,1H3,(H,24,28). The summed E-state index contributed by atoms with van der Waals surface area (Å²) in [7, 11) is -1.99. The van der Waals surface area contributed by atoms with Crippen molar-refractivity contribution >= 4 is 39.1 Å². The molecular formula is C21H24ClN5O3S. The lowest BCUT2D eigenvalue weighted by Gasteiger charge is -2.31. The maximum atomic E-state index is 12.9. The van der Waals surface area contributed by atoms with Gasteiger partial charge in [-0.15, -0.1) is 0 Å². The molecule has 2 heterocycles. The van der Waals surface area contributed by atoms with Crippen LogP contribution in [0.3, 0.4) is 0 Å². The molecule has 0 aliphatic carbocycles. The molecular weight excluding hydrogens is 438 g/mol. The summed E-state index contributed by atoms with van der Waals surface area (Å²) in [6, 6.07) is 16.6. The number of halogens is 1. The molecule has 4 rings (SSSR count). The average Bonchev–Trinajstić information content (AvgIpc) is 3.21. The van der Waals surface area contributed by atoms with Crippen molar-refractivity contribution in [1.82, 2.24) is 13.9 Å². The number of hydrogen-bond acceptors (Lipinski definition) is 6. The monoisotopic (exact) mass is 461 g/mol. The van der Waals surface area contributed by atoms with Gasteiger partial charge < -0.3 is 4.90 Å². The van der Waals surface area contributed by atoms with Crippen LogP contribution in [0.4, 0.5) is 5.69 Å². The summed E-state index contributed by atoms with van der Waals surface area (Å²) in [5.41, 5.74) is 1.91. The SMILES string of the molecule is CN1CCN(S(=O)(=O)NC(=O)C2=NN(c3ccc(Cl)cc3)C(c3ccccc3)C2)CC1. The summed E-state index contributed by atoms with van der Waals surface area (Å²) < 4.78 is 28.9. The van der Waals surface area contributed by atoms with Crippen molar-refractivity contribution < 1.29 is 13.2 Å². The fourth-order valence-corrected chi connectivity index (χ4v) is 4.93. The Hall–Kier alpha value is -2.46. The summed E-state index contributed by atoms with van der Waals surface area (Å²) >= 11 is 6.01. The minimum atomic E-state index is -3.92. The molecule has 8 nitrogen and oxygen atoms in total. The molecule has 2 aromatic carbocycles. The van der Waals surface area contributed by atoms with Crippen molar-refractivity contribution in [2.75, 3.05) is 38.2 Å². The van der Waals surface area contributed by atoms with E-state index < -0.39 is 16.1 Å². The number of piperazine rings is 1. The summed E-state index contributed by atoms with van der Waals surface area (Å²) in [5.74, 6) is -0.698. The number of anilines is 1. The van der Waals surface area contributed by atoms with Crippen molar-refractivity contribution in [3.05, 3.63) is 65.2 Å². The second-order valence-corrected chi connectivity index (χ2v) is 9.74. The lowest BCUT2D eigenvalue weighted by atomic mass is 10.0. The van der Waals surface area contributed by atoms with E-state index in [-0.39, 0.29) is 18.2 Å². The number of hydrogen-bond donors (Lipinski definition) is 1. The highest BCUT2D eigenvalue weighted by Gasteiger charge is 2.35. The molecule has 2 aliphatic rings. The number of carbonyl (C=O) groups is 1. The second kappa shape index (κ2) is 8.96. The van der Waals surface area contributed by atoms with Crippen LogP contribution in [-0.4, -0.2) is 62.5 Å². The number of hydrazone groups is 1. The highest BCUT2D eigenvalue weighted by Crippen LogP contribution is 2.35. The summed E-state index contributed by atoms with van der Waals surface area (Å²) in [6.07, 6.45) is 0.288. The Morgan fingerprint density at radius 1 is 1.03 bits per heavy atom. The van der Waals surface area contributed by atoms with E-state index in [0.717, 1.165) is 11.3 Å². The maximum absolute atomic E-state index is 12.9. The Kier molecular flexibility index (Phi) is 6.29. The Labute approximate surface area is 187 Å². The Bertz CT molecular complexity index is 1070. The van der Waals surface area contributed by atoms with Crippen LogP contribution in [0.5, 0.6) is 0 Å². The number of benzene rings is 2. The van der Waals surface area contributed by atoms with E-state index in [1.54, 1.807) is 17.1 Å². The van der Waals surface area contributed by atoms with Crippen LogP contribution in [0, 0.1) is 0 Å². The van der Waals surface area contributed by atoms with E-state index in [1.165, 1.54) is 4.31 Å². The Morgan fingerprint density at radius 2 is 1.68 bits per heavy atom. The van der Waals surface area contributed by atoms with Crippen molar-refractivity contribution in [3.8, 4) is 0 Å². The number of rotatable bonds is 5. The zero-order chi connectivity index (χ0) is 22.0. The lowest BCUT2D eigenvalue weighted by molar-refractivity contribution is -0.113. The van der Waals surface area contributed by atoms with Crippen molar-refractivity contribution in [2.45, 2.75) is 12.5 Å². The number of nitrogens with zero attached hydrogens (tertiary/aromatic N) is 4. The van der Waals surface area contributed by atoms with Crippen LogP contribution in [-0.2, 0) is 15.0 Å². The van der Waals surface area contributed by atoms with E-state index in [0.29, 0.717) is 31.2 Å². The van der Waals surface area contributed by atoms with Gasteiger partial charge in [-0.3, -0.25) is 9.80 Å². The third-order valence-corrected chi connectivity index (χ3v) is 7.21. The molecule has 0 bridgehead atoms. The molecule has 0 aromatic heterocycles. The first-order chi connectivity index (χ1) is 14.8. The zero-order valence-electron chi connectivity index (χ0n) is 17.1. The van der Waals surface area contributed by atoms with Crippen LogP contribution >= 0.6 is 11.6 Å². The van der Waals surface area contributed by atoms with Gasteiger partial charge in [-0.05, 0) is 36.9 Å². The molecule has 2 aliphatic heterocycles. The van der Waals surface area contributed by atoms with E-state index >= 15 is 0 Å². The molecule has 0 saturated carbocycles. The van der Waals surface area contributed by atoms with Gasteiger partial charge in [0.05, 0.1) is 11.7 Å². The molecule has 0 spiro atoms. The molecule has 31 heavy (non-hydrogen) atoms. The van der Waals surface area contributed by atoms with Gasteiger partial charge in [-0.25, -0.2) is 4.72 Å². The summed E-state index contributed by atoms with van der Waals surface area (Å²) in [6.45, 7) is 1.93. The minimum Gasteiger partial charge on any atom is -0.304 e. The van der Waals surface area contributed by atoms with Crippen molar-refractivity contribution in [1.29, 1.82) is 0 Å². The Balaban J connectivity index is 1.56. The van der Waals surface area contributed by atoms with Gasteiger partial charge in [0.1, 0.15) is 5.71 Å². The third kappa shape index (κ3) is 4.90. The molecule has 164 valence electrons. The summed E-state index contributed by atoms with van der Waals surface area (Å²) in [4.78, 5) is 14.9. The molecule has 1 atom stereocenters. The van der Waals surface area contributed by atoms with E-state index in [4.69, 9.17) is 11.6 Å². The highest BCUT2D eigenvalue weighted by atomic mass is 35.5. The third-order valence-electron chi connectivity index (χ3n) is 5.47. The van der Waals surface area contributed by atoms with Gasteiger partial charge in [0.15, 0.2) is 0 Å². The largest absolute Gasteiger partial charge is 0.304 e. The van der Waals surface area contributed by atoms with Crippen LogP contribution < -0.4 is 9.73 Å². The molecule has 1 fully saturated rings. The molecule has 1 N–H and O–H groups in total. The summed E-state index contributed by atoms with van der Waals surface area (Å²) in [5, 5.41) is 6.83. The first-order valence-corrected chi connectivity index (χ1v) is 11.8. The smallest absolute Gasteiger partial charge is 0.304 e. The minimum absolute atomic E-state index is 0.168. The molecule has 10 heteroatoms. The first kappa shape index (κ1) is 21.8. The molecule has 1 amide bonds. The number of likely N-dealkylation sites (N-methyl/N-ethyl adjacent to an activating group) is 1. The fourth-order valence-electron chi connectivity index (χ4n) is 3.68. The second-order valence-electron chi connectivity index (χ2n) is 7.64. The van der Waals surface area contributed by atoms with E-state index in [2.05, 4.69) is 9.82 Å². The number of carbonyl (C=O) groups excluding carboxylic acids is 1. The lowest BCUT2D eigenvalue weighted by Crippen LogP contribution is -2.52. The zero-order valence-corrected chi connectivity index (χ0v) is 18.7. The normalized spacial score (nSPS) is 20.5. The van der Waals surface area contributed by atoms with Crippen LogP contribution in [0.15, 0.2) is 59.7 Å². The molecule has 2 aromatic rings. The van der Waals surface area contributed by atoms with E-state index in [9.17, 15) is 13.2 Å². The van der Waals surface area contributed by atoms with E-state index in [1.807, 2.05) is 54.4 Å². The average molecular weight is 462 g/mol.